The molecule has 0 saturated heterocycles. The Morgan fingerprint density at radius 3 is 2.34 bits per heavy atom. The summed E-state index contributed by atoms with van der Waals surface area (Å²) < 4.78 is 7.28. The molecule has 0 radical (unpaired) electrons. The molecule has 0 spiro atoms. The topological polar surface area (TPSA) is 86.1 Å². The van der Waals surface area contributed by atoms with Crippen LogP contribution >= 0.6 is 0 Å². The predicted molar refractivity (Wildman–Crippen MR) is 112 cm³/mol. The highest BCUT2D eigenvalue weighted by atomic mass is 16.5. The van der Waals surface area contributed by atoms with E-state index in [2.05, 4.69) is 15.3 Å². The van der Waals surface area contributed by atoms with Crippen LogP contribution in [0.5, 0.6) is 5.75 Å². The molecular weight excluding hydrogens is 368 g/mol. The van der Waals surface area contributed by atoms with E-state index in [0.29, 0.717) is 23.7 Å². The molecule has 7 nitrogen and oxygen atoms in total. The number of nitrogens with one attached hydrogen (secondary N) is 1. The third-order valence-corrected chi connectivity index (χ3v) is 4.08. The van der Waals surface area contributed by atoms with Crippen LogP contribution in [0.2, 0.25) is 0 Å². The second-order valence-electron chi connectivity index (χ2n) is 5.99. The van der Waals surface area contributed by atoms with Crippen molar-refractivity contribution in [1.29, 1.82) is 0 Å². The van der Waals surface area contributed by atoms with Crippen LogP contribution in [0.15, 0.2) is 59.7 Å². The quantitative estimate of drug-likeness (QED) is 0.695. The van der Waals surface area contributed by atoms with Gasteiger partial charge in [0, 0.05) is 36.8 Å². The number of ether oxygens (including phenoxy) is 1. The molecule has 0 bridgehead atoms. The zero-order chi connectivity index (χ0) is 21.2. The summed E-state index contributed by atoms with van der Waals surface area (Å²) in [6.07, 6.45) is 3.29. The monoisotopic (exact) mass is 394 g/mol. The first-order valence-electron chi connectivity index (χ1n) is 9.48. The van der Waals surface area contributed by atoms with Gasteiger partial charge in [-0.2, -0.15) is 0 Å². The Morgan fingerprint density at radius 2 is 1.76 bits per heavy atom. The number of amides is 1. The minimum atomic E-state index is -0.158. The van der Waals surface area contributed by atoms with Crippen molar-refractivity contribution in [2.45, 2.75) is 33.9 Å². The van der Waals surface area contributed by atoms with Gasteiger partial charge in [-0.3, -0.25) is 9.59 Å². The van der Waals surface area contributed by atoms with E-state index in [-0.39, 0.29) is 18.1 Å². The molecule has 29 heavy (non-hydrogen) atoms. The van der Waals surface area contributed by atoms with Crippen molar-refractivity contribution in [1.82, 2.24) is 19.9 Å². The Morgan fingerprint density at radius 1 is 1.10 bits per heavy atom. The number of benzene rings is 1. The zero-order valence-electron chi connectivity index (χ0n) is 17.2. The van der Waals surface area contributed by atoms with E-state index in [1.54, 1.807) is 42.2 Å². The van der Waals surface area contributed by atoms with Gasteiger partial charge in [-0.1, -0.05) is 26.0 Å². The van der Waals surface area contributed by atoms with Gasteiger partial charge in [-0.25, -0.2) is 9.97 Å². The van der Waals surface area contributed by atoms with Gasteiger partial charge in [-0.15, -0.1) is 0 Å². The second kappa shape index (κ2) is 10.8. The molecular formula is C22H26N4O3. The first-order valence-corrected chi connectivity index (χ1v) is 9.48. The second-order valence-corrected chi connectivity index (χ2v) is 5.99. The molecule has 2 aromatic heterocycles. The number of rotatable bonds is 6. The van der Waals surface area contributed by atoms with Gasteiger partial charge in [0.25, 0.3) is 11.5 Å². The first kappa shape index (κ1) is 21.8. The molecule has 0 unspecified atom stereocenters. The van der Waals surface area contributed by atoms with E-state index in [9.17, 15) is 9.59 Å². The van der Waals surface area contributed by atoms with Crippen LogP contribution in [0.3, 0.4) is 0 Å². The Bertz CT molecular complexity index is 983. The van der Waals surface area contributed by atoms with E-state index in [1.165, 1.54) is 6.07 Å². The van der Waals surface area contributed by atoms with Crippen LogP contribution in [-0.4, -0.2) is 27.5 Å². The van der Waals surface area contributed by atoms with Crippen molar-refractivity contribution < 1.29 is 9.53 Å². The van der Waals surface area contributed by atoms with Gasteiger partial charge in [-0.05, 0) is 36.8 Å². The summed E-state index contributed by atoms with van der Waals surface area (Å²) in [5, 5.41) is 2.58. The van der Waals surface area contributed by atoms with E-state index in [0.717, 1.165) is 11.3 Å². The highest BCUT2D eigenvalue weighted by Crippen LogP contribution is 2.13. The average Bonchev–Trinajstić information content (AvgIpc) is 2.77. The first-order chi connectivity index (χ1) is 14.1. The summed E-state index contributed by atoms with van der Waals surface area (Å²) in [5.74, 6) is 0.894. The maximum atomic E-state index is 12.5. The van der Waals surface area contributed by atoms with Crippen molar-refractivity contribution in [2.24, 2.45) is 0 Å². The van der Waals surface area contributed by atoms with Gasteiger partial charge in [0.15, 0.2) is 5.82 Å². The molecule has 1 amide bonds. The lowest BCUT2D eigenvalue weighted by atomic mass is 10.1. The van der Waals surface area contributed by atoms with Crippen molar-refractivity contribution in [2.75, 3.05) is 7.05 Å². The van der Waals surface area contributed by atoms with Crippen LogP contribution in [0.4, 0.5) is 0 Å². The van der Waals surface area contributed by atoms with Crippen molar-refractivity contribution in [3.8, 4) is 5.75 Å². The number of nitrogens with zero attached hydrogens (tertiary/aromatic N) is 3. The average molecular weight is 394 g/mol. The number of aromatic nitrogens is 3. The zero-order valence-corrected chi connectivity index (χ0v) is 17.2. The molecule has 0 aliphatic rings. The number of pyridine rings is 1. The minimum absolute atomic E-state index is 0.140. The molecule has 3 aromatic rings. The standard InChI is InChI=1S/C20H20N4O3.C2H6/c1-14-10-17(27-13-18-22-8-3-9-23-18)11-19(25)24(14)12-15-4-6-16(7-5-15)20(26)21-2;1-2/h3-11H,12-13H2,1-2H3,(H,21,26);1-2H3. The predicted octanol–water partition coefficient (Wildman–Crippen LogP) is 2.96. The third kappa shape index (κ3) is 6.00. The van der Waals surface area contributed by atoms with Gasteiger partial charge in [0.05, 0.1) is 6.54 Å². The van der Waals surface area contributed by atoms with E-state index in [1.807, 2.05) is 39.0 Å². The maximum absolute atomic E-state index is 12.5. The molecule has 152 valence electrons. The summed E-state index contributed by atoms with van der Waals surface area (Å²) >= 11 is 0. The highest BCUT2D eigenvalue weighted by Gasteiger charge is 2.08. The fourth-order valence-corrected chi connectivity index (χ4v) is 2.63. The molecule has 0 saturated carbocycles. The van der Waals surface area contributed by atoms with Crippen LogP contribution in [-0.2, 0) is 13.2 Å². The largest absolute Gasteiger partial charge is 0.485 e. The summed E-state index contributed by atoms with van der Waals surface area (Å²) in [5.41, 5.74) is 2.13. The van der Waals surface area contributed by atoms with Gasteiger partial charge in [0.2, 0.25) is 0 Å². The molecule has 0 aliphatic heterocycles. The minimum Gasteiger partial charge on any atom is -0.485 e. The molecule has 0 atom stereocenters. The number of aryl methyl sites for hydroxylation is 1. The summed E-state index contributed by atoms with van der Waals surface area (Å²) in [6.45, 7) is 6.47. The van der Waals surface area contributed by atoms with Crippen LogP contribution in [0.1, 0.15) is 41.3 Å². The number of carbonyl (C=O) groups is 1. The number of hydrogen-bond acceptors (Lipinski definition) is 5. The summed E-state index contributed by atoms with van der Waals surface area (Å²) in [4.78, 5) is 32.3. The van der Waals surface area contributed by atoms with E-state index >= 15 is 0 Å². The Balaban J connectivity index is 0.00000145. The Labute approximate surface area is 170 Å². The Hall–Kier alpha value is -3.48. The molecule has 0 fully saturated rings. The summed E-state index contributed by atoms with van der Waals surface area (Å²) in [7, 11) is 1.59. The molecule has 1 aromatic carbocycles. The molecule has 7 heteroatoms. The molecule has 1 N–H and O–H groups in total. The fraction of sp³-hybridized carbons (Fsp3) is 0.273. The smallest absolute Gasteiger partial charge is 0.254 e. The Kier molecular flexibility index (Phi) is 8.09. The SMILES string of the molecule is CC.CNC(=O)c1ccc(Cn2c(C)cc(OCc3ncccn3)cc2=O)cc1. The van der Waals surface area contributed by atoms with Crippen molar-refractivity contribution in [3.63, 3.8) is 0 Å². The third-order valence-electron chi connectivity index (χ3n) is 4.08. The van der Waals surface area contributed by atoms with Crippen molar-refractivity contribution in [3.05, 3.63) is 87.9 Å². The number of carbonyl (C=O) groups excluding carboxylic acids is 1. The van der Waals surface area contributed by atoms with Crippen molar-refractivity contribution >= 4 is 5.91 Å². The van der Waals surface area contributed by atoms with Gasteiger partial charge in [0.1, 0.15) is 12.4 Å². The van der Waals surface area contributed by atoms with Crippen LogP contribution in [0, 0.1) is 6.92 Å². The van der Waals surface area contributed by atoms with Gasteiger partial charge < -0.3 is 14.6 Å². The molecule has 3 rings (SSSR count). The van der Waals surface area contributed by atoms with Crippen LogP contribution < -0.4 is 15.6 Å². The normalized spacial score (nSPS) is 9.93. The van der Waals surface area contributed by atoms with E-state index < -0.39 is 0 Å². The fourth-order valence-electron chi connectivity index (χ4n) is 2.63. The lowest BCUT2D eigenvalue weighted by Crippen LogP contribution is -2.22. The van der Waals surface area contributed by atoms with Gasteiger partial charge >= 0.3 is 0 Å². The summed E-state index contributed by atoms with van der Waals surface area (Å²) in [6, 6.07) is 12.2. The number of hydrogen-bond donors (Lipinski definition) is 1. The lowest BCUT2D eigenvalue weighted by Gasteiger charge is -2.12. The maximum Gasteiger partial charge on any atom is 0.254 e. The molecule has 0 aliphatic carbocycles. The van der Waals surface area contributed by atoms with Crippen LogP contribution in [0.25, 0.3) is 0 Å². The molecule has 2 heterocycles. The van der Waals surface area contributed by atoms with E-state index in [4.69, 9.17) is 4.74 Å². The highest BCUT2D eigenvalue weighted by molar-refractivity contribution is 5.93. The lowest BCUT2D eigenvalue weighted by molar-refractivity contribution is 0.0963.